The van der Waals surface area contributed by atoms with Crippen molar-refractivity contribution in [3.05, 3.63) is 59.7 Å². The lowest BCUT2D eigenvalue weighted by Crippen LogP contribution is -2.55. The second-order valence-electron chi connectivity index (χ2n) is 6.22. The van der Waals surface area contributed by atoms with Crippen LogP contribution < -0.4 is 0 Å². The quantitative estimate of drug-likeness (QED) is 0.503. The zero-order valence-electron chi connectivity index (χ0n) is 14.7. The third kappa shape index (κ3) is 4.86. The van der Waals surface area contributed by atoms with E-state index < -0.39 is 24.4 Å². The van der Waals surface area contributed by atoms with Gasteiger partial charge in [0.05, 0.1) is 34.5 Å². The Labute approximate surface area is 171 Å². The van der Waals surface area contributed by atoms with Gasteiger partial charge < -0.3 is 20.1 Å². The van der Waals surface area contributed by atoms with E-state index in [4.69, 9.17) is 15.3 Å². The highest BCUT2D eigenvalue weighted by Crippen LogP contribution is 2.41. The van der Waals surface area contributed by atoms with E-state index in [0.29, 0.717) is 11.1 Å². The predicted molar refractivity (Wildman–Crippen MR) is 106 cm³/mol. The van der Waals surface area contributed by atoms with Crippen molar-refractivity contribution in [1.29, 1.82) is 10.5 Å². The van der Waals surface area contributed by atoms with Crippen LogP contribution in [0.1, 0.15) is 11.1 Å². The molecule has 0 amide bonds. The monoisotopic (exact) mass is 414 g/mol. The number of aliphatic hydroxyl groups is 3. The Morgan fingerprint density at radius 2 is 1.29 bits per heavy atom. The molecule has 1 heterocycles. The lowest BCUT2D eigenvalue weighted by molar-refractivity contribution is -0.181. The topological polar surface area (TPSA) is 118 Å². The van der Waals surface area contributed by atoms with Crippen molar-refractivity contribution in [3.8, 4) is 12.1 Å². The molecule has 144 valence electrons. The lowest BCUT2D eigenvalue weighted by atomic mass is 10.0. The number of hydrogen-bond acceptors (Lipinski definition) is 8. The van der Waals surface area contributed by atoms with E-state index in [1.807, 2.05) is 24.3 Å². The fraction of sp³-hybridized carbons (Fsp3) is 0.300. The van der Waals surface area contributed by atoms with Crippen molar-refractivity contribution in [2.24, 2.45) is 0 Å². The zero-order valence-corrected chi connectivity index (χ0v) is 16.3. The molecule has 0 bridgehead atoms. The normalized spacial score (nSPS) is 24.5. The second-order valence-corrected chi connectivity index (χ2v) is 8.95. The average molecular weight is 415 g/mol. The predicted octanol–water partition coefficient (Wildman–Crippen LogP) is 2.12. The molecule has 0 spiro atoms. The van der Waals surface area contributed by atoms with Crippen molar-refractivity contribution >= 4 is 23.5 Å². The summed E-state index contributed by atoms with van der Waals surface area (Å²) < 4.78 is 5.33. The fourth-order valence-corrected chi connectivity index (χ4v) is 5.44. The summed E-state index contributed by atoms with van der Waals surface area (Å²) >= 11 is 2.87. The molecule has 28 heavy (non-hydrogen) atoms. The van der Waals surface area contributed by atoms with Crippen molar-refractivity contribution in [2.45, 2.75) is 38.8 Å². The molecular weight excluding hydrogens is 396 g/mol. The molecule has 0 aromatic heterocycles. The largest absolute Gasteiger partial charge is 0.388 e. The van der Waals surface area contributed by atoms with E-state index in [-0.39, 0.29) is 11.2 Å². The Kier molecular flexibility index (Phi) is 6.97. The molecule has 3 rings (SSSR count). The molecule has 2 aromatic rings. The molecular formula is C20H18N2O4S2. The first-order valence-electron chi connectivity index (χ1n) is 8.51. The van der Waals surface area contributed by atoms with Gasteiger partial charge in [-0.2, -0.15) is 10.5 Å². The van der Waals surface area contributed by atoms with Gasteiger partial charge in [0.15, 0.2) is 0 Å². The first-order chi connectivity index (χ1) is 13.5. The number of hydrogen-bond donors (Lipinski definition) is 3. The number of thioether (sulfide) groups is 2. The fourth-order valence-electron chi connectivity index (χ4n) is 2.71. The summed E-state index contributed by atoms with van der Waals surface area (Å²) in [6, 6.07) is 18.3. The van der Waals surface area contributed by atoms with E-state index in [1.165, 1.54) is 23.5 Å². The number of nitriles is 2. The number of benzene rings is 2. The molecule has 1 fully saturated rings. The highest BCUT2D eigenvalue weighted by molar-refractivity contribution is 8.17. The first kappa shape index (κ1) is 20.7. The van der Waals surface area contributed by atoms with E-state index in [9.17, 15) is 15.3 Å². The van der Waals surface area contributed by atoms with Gasteiger partial charge in [0.2, 0.25) is 0 Å². The van der Waals surface area contributed by atoms with Crippen molar-refractivity contribution < 1.29 is 20.1 Å². The summed E-state index contributed by atoms with van der Waals surface area (Å²) in [5, 5.41) is 48.2. The summed E-state index contributed by atoms with van der Waals surface area (Å²) in [6.07, 6.45) is -4.39. The molecule has 0 radical (unpaired) electrons. The third-order valence-electron chi connectivity index (χ3n) is 4.28. The molecule has 1 saturated heterocycles. The molecule has 3 N–H and O–H groups in total. The van der Waals surface area contributed by atoms with Crippen LogP contribution in [0.15, 0.2) is 58.3 Å². The van der Waals surface area contributed by atoms with E-state index >= 15 is 0 Å². The Balaban J connectivity index is 1.83. The summed E-state index contributed by atoms with van der Waals surface area (Å²) in [6.45, 7) is -0.0682. The van der Waals surface area contributed by atoms with Crippen LogP contribution in [-0.2, 0) is 4.74 Å². The SMILES string of the molecule is N#Cc1ccc(SC(Sc2ccc(C#N)cc2)[C@H]2OC[C@@H](O)[C@@H](O)[C@H]2O)cc1. The molecule has 0 unspecified atom stereocenters. The molecule has 1 aliphatic rings. The van der Waals surface area contributed by atoms with Crippen molar-refractivity contribution in [1.82, 2.24) is 0 Å². The summed E-state index contributed by atoms with van der Waals surface area (Å²) in [5.41, 5.74) is 1.10. The Morgan fingerprint density at radius 3 is 1.71 bits per heavy atom. The summed E-state index contributed by atoms with van der Waals surface area (Å²) in [5.74, 6) is 0. The Hall–Kier alpha value is -2.04. The number of ether oxygens (including phenoxy) is 1. The van der Waals surface area contributed by atoms with Gasteiger partial charge in [0.1, 0.15) is 24.4 Å². The highest BCUT2D eigenvalue weighted by Gasteiger charge is 2.42. The lowest BCUT2D eigenvalue weighted by Gasteiger charge is -2.38. The van der Waals surface area contributed by atoms with Gasteiger partial charge >= 0.3 is 0 Å². The maximum Gasteiger partial charge on any atom is 0.111 e. The number of rotatable bonds is 5. The van der Waals surface area contributed by atoms with E-state index in [1.54, 1.807) is 24.3 Å². The van der Waals surface area contributed by atoms with E-state index in [2.05, 4.69) is 12.1 Å². The maximum absolute atomic E-state index is 10.5. The second kappa shape index (κ2) is 9.44. The minimum atomic E-state index is -1.29. The van der Waals surface area contributed by atoms with Gasteiger partial charge in [-0.15, -0.1) is 23.5 Å². The van der Waals surface area contributed by atoms with Crippen LogP contribution in [0.3, 0.4) is 0 Å². The number of nitrogens with zero attached hydrogens (tertiary/aromatic N) is 2. The smallest absolute Gasteiger partial charge is 0.111 e. The van der Waals surface area contributed by atoms with Gasteiger partial charge in [-0.05, 0) is 48.5 Å². The van der Waals surface area contributed by atoms with Crippen LogP contribution in [0.2, 0.25) is 0 Å². The van der Waals surface area contributed by atoms with Crippen LogP contribution in [0.25, 0.3) is 0 Å². The minimum absolute atomic E-state index is 0.0682. The highest BCUT2D eigenvalue weighted by atomic mass is 32.2. The van der Waals surface area contributed by atoms with Gasteiger partial charge in [0, 0.05) is 9.79 Å². The average Bonchev–Trinajstić information content (AvgIpc) is 2.73. The summed E-state index contributed by atoms with van der Waals surface area (Å²) in [7, 11) is 0. The van der Waals surface area contributed by atoms with Gasteiger partial charge in [0.25, 0.3) is 0 Å². The van der Waals surface area contributed by atoms with Gasteiger partial charge in [-0.1, -0.05) is 0 Å². The van der Waals surface area contributed by atoms with Crippen LogP contribution in [0.4, 0.5) is 0 Å². The molecule has 0 saturated carbocycles. The molecule has 6 nitrogen and oxygen atoms in total. The number of aliphatic hydroxyl groups excluding tert-OH is 3. The van der Waals surface area contributed by atoms with Crippen molar-refractivity contribution in [2.75, 3.05) is 6.61 Å². The zero-order chi connectivity index (χ0) is 20.1. The first-order valence-corrected chi connectivity index (χ1v) is 10.3. The van der Waals surface area contributed by atoms with Crippen molar-refractivity contribution in [3.63, 3.8) is 0 Å². The van der Waals surface area contributed by atoms with Gasteiger partial charge in [-0.25, -0.2) is 0 Å². The molecule has 0 aliphatic carbocycles. The van der Waals surface area contributed by atoms with E-state index in [0.717, 1.165) is 9.79 Å². The van der Waals surface area contributed by atoms with Crippen LogP contribution in [0, 0.1) is 22.7 Å². The molecule has 8 heteroatoms. The molecule has 2 aromatic carbocycles. The standard InChI is InChI=1S/C20H18N2O4S2/c21-9-12-1-5-14(6-2-12)27-20(19-18(25)17(24)16(23)11-26-19)28-15-7-3-13(10-22)4-8-15/h1-8,16-20,23-25H,11H2/t16-,17-,18-,19+/m1/s1. The maximum atomic E-state index is 10.5. The van der Waals surface area contributed by atoms with Gasteiger partial charge in [-0.3, -0.25) is 0 Å². The Bertz CT molecular complexity index is 818. The Morgan fingerprint density at radius 1 is 0.821 bits per heavy atom. The summed E-state index contributed by atoms with van der Waals surface area (Å²) in [4.78, 5) is 1.75. The van der Waals surface area contributed by atoms with Crippen LogP contribution in [-0.4, -0.2) is 50.9 Å². The molecule has 1 aliphatic heterocycles. The third-order valence-corrected chi connectivity index (χ3v) is 6.95. The van der Waals surface area contributed by atoms with Crippen LogP contribution in [0.5, 0.6) is 0 Å². The minimum Gasteiger partial charge on any atom is -0.388 e. The van der Waals surface area contributed by atoms with Crippen LogP contribution >= 0.6 is 23.5 Å². The molecule has 4 atom stereocenters.